The Labute approximate surface area is 213 Å². The summed E-state index contributed by atoms with van der Waals surface area (Å²) in [5.74, 6) is 0.744. The minimum Gasteiger partial charge on any atom is -0.306 e. The van der Waals surface area contributed by atoms with Gasteiger partial charge in [0, 0.05) is 30.9 Å². The molecule has 1 N–H and O–H groups in total. The van der Waals surface area contributed by atoms with E-state index in [1.54, 1.807) is 40.5 Å². The molecule has 8 nitrogen and oxygen atoms in total. The lowest BCUT2D eigenvalue weighted by Crippen LogP contribution is -2.32. The Bertz CT molecular complexity index is 1480. The minimum atomic E-state index is -0.255. The normalized spacial score (nSPS) is 14.9. The van der Waals surface area contributed by atoms with Crippen LogP contribution >= 0.6 is 11.3 Å². The molecule has 1 fully saturated rings. The number of fused-ring (bicyclic) bond motifs is 1. The van der Waals surface area contributed by atoms with Gasteiger partial charge in [-0.25, -0.2) is 14.2 Å². The van der Waals surface area contributed by atoms with Crippen LogP contribution in [0.25, 0.3) is 11.3 Å². The molecule has 6 rings (SSSR count). The first kappa shape index (κ1) is 22.6. The molecule has 1 aliphatic heterocycles. The molecule has 0 saturated carbocycles. The predicted molar refractivity (Wildman–Crippen MR) is 141 cm³/mol. The second-order valence-corrected chi connectivity index (χ2v) is 10.1. The second kappa shape index (κ2) is 9.67. The van der Waals surface area contributed by atoms with E-state index in [0.29, 0.717) is 22.9 Å². The average Bonchev–Trinajstić information content (AvgIpc) is 3.65. The van der Waals surface area contributed by atoms with Gasteiger partial charge in [-0.05, 0) is 73.4 Å². The number of rotatable bonds is 6. The molecule has 9 heteroatoms. The Hall–Kier alpha value is -3.82. The Morgan fingerprint density at radius 2 is 2.00 bits per heavy atom. The van der Waals surface area contributed by atoms with Crippen LogP contribution in [0, 0.1) is 6.92 Å². The van der Waals surface area contributed by atoms with Crippen molar-refractivity contribution in [2.45, 2.75) is 32.2 Å². The van der Waals surface area contributed by atoms with Crippen molar-refractivity contribution in [1.29, 1.82) is 0 Å². The zero-order chi connectivity index (χ0) is 24.5. The summed E-state index contributed by atoms with van der Waals surface area (Å²) in [5.41, 5.74) is 5.43. The summed E-state index contributed by atoms with van der Waals surface area (Å²) in [4.78, 5) is 20.1. The van der Waals surface area contributed by atoms with Gasteiger partial charge in [0.2, 0.25) is 0 Å². The van der Waals surface area contributed by atoms with E-state index in [1.807, 2.05) is 22.9 Å². The largest absolute Gasteiger partial charge is 0.306 e. The topological polar surface area (TPSA) is 80.4 Å². The van der Waals surface area contributed by atoms with Crippen molar-refractivity contribution >= 4 is 28.7 Å². The van der Waals surface area contributed by atoms with Crippen LogP contribution in [-0.2, 0) is 6.54 Å². The summed E-state index contributed by atoms with van der Waals surface area (Å²) in [7, 11) is 0. The van der Waals surface area contributed by atoms with Gasteiger partial charge >= 0.3 is 0 Å². The summed E-state index contributed by atoms with van der Waals surface area (Å²) in [6, 6.07) is 14.2. The smallest absolute Gasteiger partial charge is 0.262 e. The van der Waals surface area contributed by atoms with E-state index in [1.165, 1.54) is 11.1 Å². The van der Waals surface area contributed by atoms with Crippen molar-refractivity contribution in [1.82, 2.24) is 29.3 Å². The summed E-state index contributed by atoms with van der Waals surface area (Å²) in [6.07, 6.45) is 7.07. The van der Waals surface area contributed by atoms with Gasteiger partial charge in [0.15, 0.2) is 5.65 Å². The Balaban J connectivity index is 1.25. The molecule has 5 heterocycles. The van der Waals surface area contributed by atoms with Crippen LogP contribution in [0.5, 0.6) is 0 Å². The molecule has 0 atom stereocenters. The highest BCUT2D eigenvalue weighted by atomic mass is 32.1. The van der Waals surface area contributed by atoms with E-state index < -0.39 is 0 Å². The highest BCUT2D eigenvalue weighted by Gasteiger charge is 2.25. The number of carbonyl (C=O) groups is 1. The molecule has 0 radical (unpaired) electrons. The molecule has 5 aromatic rings. The Morgan fingerprint density at radius 3 is 2.78 bits per heavy atom. The lowest BCUT2D eigenvalue weighted by molar-refractivity contribution is 0.102. The Morgan fingerprint density at radius 1 is 1.17 bits per heavy atom. The van der Waals surface area contributed by atoms with Crippen molar-refractivity contribution < 1.29 is 4.79 Å². The molecule has 36 heavy (non-hydrogen) atoms. The molecule has 0 aliphatic carbocycles. The fraction of sp³-hybridized carbons (Fsp3) is 0.259. The summed E-state index contributed by atoms with van der Waals surface area (Å²) >= 11 is 1.75. The van der Waals surface area contributed by atoms with Gasteiger partial charge in [-0.1, -0.05) is 17.7 Å². The van der Waals surface area contributed by atoms with Crippen molar-refractivity contribution in [3.63, 3.8) is 0 Å². The standard InChI is InChI=1S/C27H27N7OS/c1-19-3-5-22(6-4-19)34-25(30-27(35)23-16-29-33-11-2-10-28-26(23)33)15-24(31-34)21-7-12-32(13-8-21)17-20-9-14-36-18-20/h2-6,9-11,14-16,18,21H,7-8,12-13,17H2,1H3,(H,30,35). The molecule has 0 spiro atoms. The number of carbonyl (C=O) groups excluding carboxylic acids is 1. The summed E-state index contributed by atoms with van der Waals surface area (Å²) < 4.78 is 3.44. The highest BCUT2D eigenvalue weighted by molar-refractivity contribution is 7.07. The molecule has 1 aromatic carbocycles. The first-order valence-corrected chi connectivity index (χ1v) is 13.1. The summed E-state index contributed by atoms with van der Waals surface area (Å²) in [6.45, 7) is 5.13. The van der Waals surface area contributed by atoms with Gasteiger partial charge in [-0.15, -0.1) is 0 Å². The maximum Gasteiger partial charge on any atom is 0.262 e. The molecular weight excluding hydrogens is 470 g/mol. The SMILES string of the molecule is Cc1ccc(-n2nc(C3CCN(Cc4ccsc4)CC3)cc2NC(=O)c2cnn3cccnc23)cc1. The van der Waals surface area contributed by atoms with Crippen LogP contribution in [0.4, 0.5) is 5.82 Å². The van der Waals surface area contributed by atoms with Crippen molar-refractivity contribution in [3.05, 3.63) is 94.2 Å². The number of aromatic nitrogens is 5. The Kier molecular flexibility index (Phi) is 6.08. The van der Waals surface area contributed by atoms with Gasteiger partial charge in [0.1, 0.15) is 11.4 Å². The van der Waals surface area contributed by atoms with Crippen LogP contribution < -0.4 is 5.32 Å². The number of amides is 1. The average molecular weight is 498 g/mol. The van der Waals surface area contributed by atoms with E-state index in [2.05, 4.69) is 56.2 Å². The van der Waals surface area contributed by atoms with Gasteiger partial charge in [-0.3, -0.25) is 9.69 Å². The van der Waals surface area contributed by atoms with Gasteiger partial charge in [0.25, 0.3) is 5.91 Å². The van der Waals surface area contributed by atoms with Crippen LogP contribution in [-0.4, -0.2) is 48.3 Å². The number of nitrogens with one attached hydrogen (secondary N) is 1. The lowest BCUT2D eigenvalue weighted by atomic mass is 9.93. The van der Waals surface area contributed by atoms with E-state index >= 15 is 0 Å². The third kappa shape index (κ3) is 4.55. The molecular formula is C27H27N7OS. The monoisotopic (exact) mass is 497 g/mol. The van der Waals surface area contributed by atoms with Crippen LogP contribution in [0.1, 0.15) is 45.9 Å². The molecule has 1 aliphatic rings. The number of likely N-dealkylation sites (tertiary alicyclic amines) is 1. The molecule has 182 valence electrons. The first-order chi connectivity index (χ1) is 17.6. The number of benzene rings is 1. The quantitative estimate of drug-likeness (QED) is 0.360. The van der Waals surface area contributed by atoms with E-state index in [9.17, 15) is 4.79 Å². The molecule has 0 bridgehead atoms. The first-order valence-electron chi connectivity index (χ1n) is 12.1. The number of anilines is 1. The number of aryl methyl sites for hydroxylation is 1. The number of hydrogen-bond acceptors (Lipinski definition) is 6. The number of nitrogens with zero attached hydrogens (tertiary/aromatic N) is 6. The maximum atomic E-state index is 13.3. The lowest BCUT2D eigenvalue weighted by Gasteiger charge is -2.30. The minimum absolute atomic E-state index is 0.255. The number of hydrogen-bond donors (Lipinski definition) is 1. The van der Waals surface area contributed by atoms with Gasteiger partial charge in [-0.2, -0.15) is 21.5 Å². The fourth-order valence-electron chi connectivity index (χ4n) is 4.77. The van der Waals surface area contributed by atoms with Crippen LogP contribution in [0.15, 0.2) is 71.8 Å². The van der Waals surface area contributed by atoms with E-state index in [0.717, 1.165) is 43.9 Å². The summed E-state index contributed by atoms with van der Waals surface area (Å²) in [5, 5.41) is 16.7. The third-order valence-electron chi connectivity index (χ3n) is 6.76. The molecule has 0 unspecified atom stereocenters. The third-order valence-corrected chi connectivity index (χ3v) is 7.50. The predicted octanol–water partition coefficient (Wildman–Crippen LogP) is 4.92. The second-order valence-electron chi connectivity index (χ2n) is 9.28. The van der Waals surface area contributed by atoms with Crippen LogP contribution in [0.3, 0.4) is 0 Å². The molecule has 1 amide bonds. The van der Waals surface area contributed by atoms with Crippen molar-refractivity contribution in [3.8, 4) is 5.69 Å². The van der Waals surface area contributed by atoms with Gasteiger partial charge < -0.3 is 5.32 Å². The number of piperidine rings is 1. The highest BCUT2D eigenvalue weighted by Crippen LogP contribution is 2.31. The zero-order valence-electron chi connectivity index (χ0n) is 20.0. The van der Waals surface area contributed by atoms with Crippen molar-refractivity contribution in [2.24, 2.45) is 0 Å². The van der Waals surface area contributed by atoms with E-state index in [4.69, 9.17) is 5.10 Å². The zero-order valence-corrected chi connectivity index (χ0v) is 20.9. The van der Waals surface area contributed by atoms with E-state index in [-0.39, 0.29) is 5.91 Å². The fourth-order valence-corrected chi connectivity index (χ4v) is 5.43. The number of thiophene rings is 1. The van der Waals surface area contributed by atoms with Gasteiger partial charge in [0.05, 0.1) is 17.6 Å². The van der Waals surface area contributed by atoms with Crippen molar-refractivity contribution in [2.75, 3.05) is 18.4 Å². The molecule has 4 aromatic heterocycles. The maximum absolute atomic E-state index is 13.3. The van der Waals surface area contributed by atoms with Crippen LogP contribution in [0.2, 0.25) is 0 Å². The molecule has 1 saturated heterocycles.